The lowest BCUT2D eigenvalue weighted by atomic mass is 10.1. The fourth-order valence-corrected chi connectivity index (χ4v) is 10.7. The molecule has 0 saturated carbocycles. The quantitative estimate of drug-likeness (QED) is 0.0194. The molecule has 0 unspecified atom stereocenters. The molecule has 0 atom stereocenters. The molecule has 6 aromatic carbocycles. The van der Waals surface area contributed by atoms with Crippen LogP contribution in [0.2, 0.25) is 0 Å². The first-order valence-corrected chi connectivity index (χ1v) is 32.6. The minimum atomic E-state index is -0.409. The summed E-state index contributed by atoms with van der Waals surface area (Å²) in [6.07, 6.45) is 27.1. The predicted molar refractivity (Wildman–Crippen MR) is 358 cm³/mol. The van der Waals surface area contributed by atoms with Crippen LogP contribution in [-0.2, 0) is 4.74 Å². The summed E-state index contributed by atoms with van der Waals surface area (Å²) in [6.45, 7) is 10.2. The molecule has 0 aliphatic heterocycles. The van der Waals surface area contributed by atoms with Crippen LogP contribution in [-0.4, -0.2) is 61.7 Å². The number of nitrogens with one attached hydrogen (secondary N) is 2. The molecule has 0 aromatic heterocycles. The fraction of sp³-hybridized carbons (Fsp3) is 0.432. The van der Waals surface area contributed by atoms with E-state index in [9.17, 15) is 28.8 Å². The van der Waals surface area contributed by atoms with E-state index in [0.717, 1.165) is 64.2 Å². The Bertz CT molecular complexity index is 3020. The first kappa shape index (κ1) is 68.1. The molecule has 4 N–H and O–H groups in total. The fourth-order valence-electron chi connectivity index (χ4n) is 10.7. The number of nitrogen functional groups attached to an aromatic ring is 1. The van der Waals surface area contributed by atoms with Gasteiger partial charge in [-0.1, -0.05) is 156 Å². The van der Waals surface area contributed by atoms with Gasteiger partial charge in [0.1, 0.15) is 0 Å². The van der Waals surface area contributed by atoms with Crippen molar-refractivity contribution in [2.75, 3.05) is 57.3 Å². The molecule has 6 rings (SSSR count). The molecule has 0 saturated heterocycles. The number of amides is 5. The van der Waals surface area contributed by atoms with Gasteiger partial charge in [-0.25, -0.2) is 4.79 Å². The van der Waals surface area contributed by atoms with E-state index in [4.69, 9.17) is 10.5 Å². The first-order chi connectivity index (χ1) is 42.4. The van der Waals surface area contributed by atoms with Gasteiger partial charge < -0.3 is 35.8 Å². The Morgan fingerprint density at radius 2 is 0.575 bits per heavy atom. The molecule has 0 fully saturated rings. The zero-order chi connectivity index (χ0) is 62.0. The highest BCUT2D eigenvalue weighted by Crippen LogP contribution is 2.26. The summed E-state index contributed by atoms with van der Waals surface area (Å²) in [7, 11) is 0. The number of hydrogen-bond acceptors (Lipinski definition) is 8. The van der Waals surface area contributed by atoms with Crippen molar-refractivity contribution in [1.82, 2.24) is 0 Å². The van der Waals surface area contributed by atoms with Gasteiger partial charge in [0.15, 0.2) is 0 Å². The molecule has 0 aliphatic carbocycles. The second kappa shape index (κ2) is 38.2. The number of nitrogens with zero attached hydrogens (tertiary/aromatic N) is 3. The van der Waals surface area contributed by atoms with Crippen LogP contribution < -0.4 is 31.1 Å². The molecule has 0 heterocycles. The van der Waals surface area contributed by atoms with E-state index in [1.165, 1.54) is 89.9 Å². The molecule has 0 spiro atoms. The van der Waals surface area contributed by atoms with Gasteiger partial charge in [0.05, 0.1) is 12.2 Å². The Morgan fingerprint density at radius 3 is 0.862 bits per heavy atom. The normalized spacial score (nSPS) is 11.0. The third kappa shape index (κ3) is 22.6. The maximum Gasteiger partial charge on any atom is 0.338 e. The molecule has 0 radical (unpaired) electrons. The van der Waals surface area contributed by atoms with E-state index in [-0.39, 0.29) is 36.1 Å². The smallest absolute Gasteiger partial charge is 0.338 e. The Hall–Kier alpha value is -8.06. The van der Waals surface area contributed by atoms with Gasteiger partial charge in [-0.3, -0.25) is 24.0 Å². The van der Waals surface area contributed by atoms with Crippen LogP contribution in [0.3, 0.4) is 0 Å². The molecule has 6 aromatic rings. The lowest BCUT2D eigenvalue weighted by Crippen LogP contribution is -2.32. The Morgan fingerprint density at radius 1 is 0.322 bits per heavy atom. The van der Waals surface area contributed by atoms with E-state index in [1.807, 2.05) is 12.1 Å². The molecule has 464 valence electrons. The number of ether oxygens (including phenoxy) is 1. The monoisotopic (exact) mass is 1180 g/mol. The highest BCUT2D eigenvalue weighted by molar-refractivity contribution is 6.10. The van der Waals surface area contributed by atoms with Gasteiger partial charge in [0.2, 0.25) is 0 Å². The summed E-state index contributed by atoms with van der Waals surface area (Å²) in [5.74, 6) is -1.57. The number of carbonyl (C=O) groups excluding carboxylic acids is 6. The molecule has 0 aliphatic rings. The van der Waals surface area contributed by atoms with E-state index >= 15 is 0 Å². The van der Waals surface area contributed by atoms with E-state index in [1.54, 1.807) is 155 Å². The van der Waals surface area contributed by atoms with E-state index in [0.29, 0.717) is 87.1 Å². The van der Waals surface area contributed by atoms with Gasteiger partial charge in [0.25, 0.3) is 29.5 Å². The lowest BCUT2D eigenvalue weighted by molar-refractivity contribution is 0.0525. The highest BCUT2D eigenvalue weighted by atomic mass is 16.5. The summed E-state index contributed by atoms with van der Waals surface area (Å²) in [5, 5.41) is 5.94. The first-order valence-electron chi connectivity index (χ1n) is 32.6. The topological polar surface area (TPSA) is 171 Å². The van der Waals surface area contributed by atoms with Crippen LogP contribution in [0.25, 0.3) is 0 Å². The minimum Gasteiger partial charge on any atom is -0.462 e. The van der Waals surface area contributed by atoms with Gasteiger partial charge in [-0.15, -0.1) is 0 Å². The van der Waals surface area contributed by atoms with Crippen molar-refractivity contribution in [3.05, 3.63) is 179 Å². The minimum absolute atomic E-state index is 0.122. The molecule has 87 heavy (non-hydrogen) atoms. The summed E-state index contributed by atoms with van der Waals surface area (Å²) in [4.78, 5) is 87.5. The maximum absolute atomic E-state index is 14.4. The van der Waals surface area contributed by atoms with Gasteiger partial charge >= 0.3 is 5.97 Å². The van der Waals surface area contributed by atoms with Crippen LogP contribution in [0.15, 0.2) is 146 Å². The highest BCUT2D eigenvalue weighted by Gasteiger charge is 2.23. The number of carbonyl (C=O) groups is 6. The number of esters is 1. The van der Waals surface area contributed by atoms with Crippen LogP contribution >= 0.6 is 0 Å². The zero-order valence-electron chi connectivity index (χ0n) is 52.4. The van der Waals surface area contributed by atoms with Crippen molar-refractivity contribution < 1.29 is 33.5 Å². The van der Waals surface area contributed by atoms with Crippen molar-refractivity contribution in [1.29, 1.82) is 0 Å². The maximum atomic E-state index is 14.4. The second-order valence-electron chi connectivity index (χ2n) is 22.8. The third-order valence-electron chi connectivity index (χ3n) is 16.0. The predicted octanol–water partition coefficient (Wildman–Crippen LogP) is 18.3. The van der Waals surface area contributed by atoms with E-state index < -0.39 is 5.97 Å². The molecule has 13 heteroatoms. The SMILES string of the molecule is CCCCCCCCCCN(C(=O)c1ccc(N)cc1)c1ccc(C(=O)Nc2ccc(C(=O)N(CCCCCCCCCC)c3ccc(C(=O)Nc4ccc(C(=O)N(CCCCCCCCCC)c5ccc(C(=O)OCC)cc5)cc4)cc3)cc2)cc1. The Kier molecular flexibility index (Phi) is 29.9. The van der Waals surface area contributed by atoms with Crippen molar-refractivity contribution in [2.45, 2.75) is 182 Å². The van der Waals surface area contributed by atoms with Crippen LogP contribution in [0.4, 0.5) is 34.1 Å². The molecule has 5 amide bonds. The van der Waals surface area contributed by atoms with Gasteiger partial charge in [-0.05, 0) is 172 Å². The van der Waals surface area contributed by atoms with Crippen molar-refractivity contribution >= 4 is 69.6 Å². The Balaban J connectivity index is 1.09. The average molecular weight is 1180 g/mol. The molecule has 13 nitrogen and oxygen atoms in total. The largest absolute Gasteiger partial charge is 0.462 e. The number of unbranched alkanes of at least 4 members (excludes halogenated alkanes) is 21. The zero-order valence-corrected chi connectivity index (χ0v) is 52.4. The number of benzene rings is 6. The number of anilines is 6. The van der Waals surface area contributed by atoms with Crippen molar-refractivity contribution in [3.63, 3.8) is 0 Å². The number of rotatable bonds is 39. The molecular formula is C74H96N6O7. The summed E-state index contributed by atoms with van der Waals surface area (Å²) in [5.41, 5.74) is 12.3. The summed E-state index contributed by atoms with van der Waals surface area (Å²) < 4.78 is 5.18. The lowest BCUT2D eigenvalue weighted by Gasteiger charge is -2.24. The summed E-state index contributed by atoms with van der Waals surface area (Å²) in [6, 6.07) is 41.7. The molecule has 0 bridgehead atoms. The Labute approximate surface area is 518 Å². The average Bonchev–Trinajstić information content (AvgIpc) is 3.63. The van der Waals surface area contributed by atoms with Gasteiger partial charge in [-0.2, -0.15) is 0 Å². The van der Waals surface area contributed by atoms with E-state index in [2.05, 4.69) is 31.4 Å². The number of nitrogens with two attached hydrogens (primary N) is 1. The van der Waals surface area contributed by atoms with Crippen molar-refractivity contribution in [3.8, 4) is 0 Å². The third-order valence-corrected chi connectivity index (χ3v) is 16.0. The van der Waals surface area contributed by atoms with Crippen LogP contribution in [0.5, 0.6) is 0 Å². The van der Waals surface area contributed by atoms with Crippen LogP contribution in [0.1, 0.15) is 244 Å². The number of hydrogen-bond donors (Lipinski definition) is 3. The second-order valence-corrected chi connectivity index (χ2v) is 22.8. The molecular weight excluding hydrogens is 1080 g/mol. The standard InChI is InChI=1S/C74H96N6O7/c1-5-9-12-15-18-21-24-27-54-78(71(83)59-30-42-63(75)43-31-59)66-48-36-57(37-49-66)69(81)76-64-44-32-60(33-45-64)72(84)79(55-28-25-22-19-16-13-10-6-2)67-50-38-58(39-51-67)70(82)77-65-46-34-61(35-47-65)73(85)80(56-29-26-23-20-17-14-11-7-3)68-52-40-62(41-53-68)74(86)87-8-4/h30-53H,5-29,54-56,75H2,1-4H3,(H,76,81)(H,77,82). The van der Waals surface area contributed by atoms with Gasteiger partial charge in [0, 0.05) is 81.6 Å². The van der Waals surface area contributed by atoms with Crippen LogP contribution in [0, 0.1) is 0 Å². The summed E-state index contributed by atoms with van der Waals surface area (Å²) >= 11 is 0. The van der Waals surface area contributed by atoms with Crippen molar-refractivity contribution in [2.24, 2.45) is 0 Å².